The molecule has 2 aromatic rings. The summed E-state index contributed by atoms with van der Waals surface area (Å²) in [5, 5.41) is 22.2. The van der Waals surface area contributed by atoms with Crippen LogP contribution in [-0.4, -0.2) is 38.7 Å². The molecular weight excluding hydrogens is 248 g/mol. The summed E-state index contributed by atoms with van der Waals surface area (Å²) in [5.74, 6) is -1.03. The zero-order valence-corrected chi connectivity index (χ0v) is 10.4. The van der Waals surface area contributed by atoms with Crippen molar-refractivity contribution >= 4 is 5.97 Å². The third-order valence-electron chi connectivity index (χ3n) is 2.38. The predicted octanol–water partition coefficient (Wildman–Crippen LogP) is 1.33. The fourth-order valence-corrected chi connectivity index (χ4v) is 1.54. The second-order valence-corrected chi connectivity index (χ2v) is 4.09. The van der Waals surface area contributed by atoms with Crippen LogP contribution in [0, 0.1) is 0 Å². The maximum atomic E-state index is 11.1. The third-order valence-corrected chi connectivity index (χ3v) is 2.38. The van der Waals surface area contributed by atoms with Crippen LogP contribution < -0.4 is 4.74 Å². The van der Waals surface area contributed by atoms with Crippen molar-refractivity contribution in [3.8, 4) is 11.4 Å². The molecule has 6 heteroatoms. The first kappa shape index (κ1) is 13.1. The summed E-state index contributed by atoms with van der Waals surface area (Å²) >= 11 is 0. The number of carboxylic acids is 1. The average Bonchev–Trinajstić information content (AvgIpc) is 2.81. The smallest absolute Gasteiger partial charge is 0.360 e. The van der Waals surface area contributed by atoms with Crippen molar-refractivity contribution in [1.29, 1.82) is 0 Å². The molecule has 0 aliphatic carbocycles. The van der Waals surface area contributed by atoms with E-state index in [0.717, 1.165) is 5.69 Å². The molecule has 0 aliphatic heterocycles. The Hall–Kier alpha value is -2.34. The van der Waals surface area contributed by atoms with Gasteiger partial charge < -0.3 is 14.9 Å². The minimum Gasteiger partial charge on any atom is -0.487 e. The standard InChI is InChI=1S/C13H14N2O4/c1-9(16)8-19-11-7-15(14-12(11)13(17)18)10-5-3-2-4-6-10/h2-7,9,16H,8H2,1H3,(H,17,18). The monoisotopic (exact) mass is 262 g/mol. The summed E-state index contributed by atoms with van der Waals surface area (Å²) < 4.78 is 6.68. The molecule has 0 aliphatic rings. The van der Waals surface area contributed by atoms with Gasteiger partial charge in [-0.25, -0.2) is 9.48 Å². The lowest BCUT2D eigenvalue weighted by molar-refractivity contribution is 0.0679. The van der Waals surface area contributed by atoms with Crippen LogP contribution in [0.4, 0.5) is 0 Å². The van der Waals surface area contributed by atoms with Crippen LogP contribution in [0.5, 0.6) is 5.75 Å². The maximum Gasteiger partial charge on any atom is 0.360 e. The summed E-state index contributed by atoms with van der Waals surface area (Å²) in [5.41, 5.74) is 0.557. The van der Waals surface area contributed by atoms with E-state index in [2.05, 4.69) is 5.10 Å². The number of aromatic carboxylic acids is 1. The Bertz CT molecular complexity index is 563. The third kappa shape index (κ3) is 3.11. The predicted molar refractivity (Wildman–Crippen MR) is 67.7 cm³/mol. The van der Waals surface area contributed by atoms with Crippen LogP contribution in [0.25, 0.3) is 5.69 Å². The van der Waals surface area contributed by atoms with Crippen LogP contribution >= 0.6 is 0 Å². The van der Waals surface area contributed by atoms with Gasteiger partial charge in [-0.15, -0.1) is 0 Å². The minimum absolute atomic E-state index is 0.0146. The number of aliphatic hydroxyl groups excluding tert-OH is 1. The average molecular weight is 262 g/mol. The van der Waals surface area contributed by atoms with Gasteiger partial charge in [-0.2, -0.15) is 5.10 Å². The zero-order chi connectivity index (χ0) is 13.8. The van der Waals surface area contributed by atoms with E-state index < -0.39 is 12.1 Å². The fraction of sp³-hybridized carbons (Fsp3) is 0.231. The largest absolute Gasteiger partial charge is 0.487 e. The van der Waals surface area contributed by atoms with E-state index in [1.807, 2.05) is 18.2 Å². The summed E-state index contributed by atoms with van der Waals surface area (Å²) in [6.07, 6.45) is 0.808. The van der Waals surface area contributed by atoms with E-state index >= 15 is 0 Å². The Morgan fingerprint density at radius 2 is 2.11 bits per heavy atom. The van der Waals surface area contributed by atoms with Crippen LogP contribution in [-0.2, 0) is 0 Å². The summed E-state index contributed by atoms with van der Waals surface area (Å²) in [4.78, 5) is 11.1. The molecule has 0 spiro atoms. The van der Waals surface area contributed by atoms with E-state index in [4.69, 9.17) is 14.9 Å². The number of aliphatic hydroxyl groups is 1. The van der Waals surface area contributed by atoms with Crippen LogP contribution in [0.1, 0.15) is 17.4 Å². The molecule has 1 atom stereocenters. The van der Waals surface area contributed by atoms with Crippen molar-refractivity contribution < 1.29 is 19.7 Å². The number of carboxylic acid groups (broad SMARTS) is 1. The molecule has 0 saturated heterocycles. The summed E-state index contributed by atoms with van der Waals surface area (Å²) in [6.45, 7) is 1.57. The molecule has 2 rings (SSSR count). The number of ether oxygens (including phenoxy) is 1. The molecule has 0 radical (unpaired) electrons. The maximum absolute atomic E-state index is 11.1. The second kappa shape index (κ2) is 5.53. The molecule has 0 fully saturated rings. The number of para-hydroxylation sites is 1. The Kier molecular flexibility index (Phi) is 3.82. The van der Waals surface area contributed by atoms with Gasteiger partial charge in [0.1, 0.15) is 6.61 Å². The Morgan fingerprint density at radius 1 is 1.42 bits per heavy atom. The van der Waals surface area contributed by atoms with Crippen molar-refractivity contribution in [2.75, 3.05) is 6.61 Å². The van der Waals surface area contributed by atoms with E-state index in [0.29, 0.717) is 0 Å². The van der Waals surface area contributed by atoms with Gasteiger partial charge in [-0.05, 0) is 19.1 Å². The molecule has 0 bridgehead atoms. The number of rotatable bonds is 5. The van der Waals surface area contributed by atoms with E-state index in [9.17, 15) is 4.79 Å². The fourth-order valence-electron chi connectivity index (χ4n) is 1.54. The van der Waals surface area contributed by atoms with Crippen LogP contribution in [0.3, 0.4) is 0 Å². The number of carbonyl (C=O) groups is 1. The molecule has 19 heavy (non-hydrogen) atoms. The van der Waals surface area contributed by atoms with E-state index in [1.165, 1.54) is 10.9 Å². The lowest BCUT2D eigenvalue weighted by Crippen LogP contribution is -2.14. The highest BCUT2D eigenvalue weighted by molar-refractivity contribution is 5.88. The number of aromatic nitrogens is 2. The second-order valence-electron chi connectivity index (χ2n) is 4.09. The highest BCUT2D eigenvalue weighted by Gasteiger charge is 2.18. The molecule has 1 aromatic heterocycles. The molecule has 100 valence electrons. The van der Waals surface area contributed by atoms with Crippen molar-refractivity contribution in [2.45, 2.75) is 13.0 Å². The summed E-state index contributed by atoms with van der Waals surface area (Å²) in [7, 11) is 0. The quantitative estimate of drug-likeness (QED) is 0.849. The van der Waals surface area contributed by atoms with Gasteiger partial charge in [0.25, 0.3) is 0 Å². The SMILES string of the molecule is CC(O)COc1cn(-c2ccccc2)nc1C(=O)O. The number of hydrogen-bond donors (Lipinski definition) is 2. The van der Waals surface area contributed by atoms with Gasteiger partial charge in [0.05, 0.1) is 18.0 Å². The van der Waals surface area contributed by atoms with E-state index in [1.54, 1.807) is 19.1 Å². The first-order chi connectivity index (χ1) is 9.08. The van der Waals surface area contributed by atoms with Crippen molar-refractivity contribution in [1.82, 2.24) is 9.78 Å². The molecule has 2 N–H and O–H groups in total. The molecule has 1 heterocycles. The van der Waals surface area contributed by atoms with Gasteiger partial charge in [-0.3, -0.25) is 0 Å². The first-order valence-corrected chi connectivity index (χ1v) is 5.77. The molecule has 1 aromatic carbocycles. The molecule has 0 saturated carbocycles. The van der Waals surface area contributed by atoms with Gasteiger partial charge in [-0.1, -0.05) is 18.2 Å². The van der Waals surface area contributed by atoms with Gasteiger partial charge >= 0.3 is 5.97 Å². The van der Waals surface area contributed by atoms with Crippen molar-refractivity contribution in [3.05, 3.63) is 42.2 Å². The van der Waals surface area contributed by atoms with Gasteiger partial charge in [0.2, 0.25) is 5.69 Å². The zero-order valence-electron chi connectivity index (χ0n) is 10.4. The first-order valence-electron chi connectivity index (χ1n) is 5.77. The Balaban J connectivity index is 2.32. The molecule has 0 amide bonds. The Labute approximate surface area is 109 Å². The highest BCUT2D eigenvalue weighted by atomic mass is 16.5. The number of benzene rings is 1. The molecule has 1 unspecified atom stereocenters. The normalized spacial score (nSPS) is 12.1. The topological polar surface area (TPSA) is 84.6 Å². The lowest BCUT2D eigenvalue weighted by atomic mass is 10.3. The number of hydrogen-bond acceptors (Lipinski definition) is 4. The number of nitrogens with zero attached hydrogens (tertiary/aromatic N) is 2. The molecule has 6 nitrogen and oxygen atoms in total. The lowest BCUT2D eigenvalue weighted by Gasteiger charge is -2.05. The van der Waals surface area contributed by atoms with Gasteiger partial charge in [0.15, 0.2) is 5.75 Å². The van der Waals surface area contributed by atoms with Crippen LogP contribution in [0.15, 0.2) is 36.5 Å². The van der Waals surface area contributed by atoms with E-state index in [-0.39, 0.29) is 18.1 Å². The van der Waals surface area contributed by atoms with Gasteiger partial charge in [0, 0.05) is 0 Å². The van der Waals surface area contributed by atoms with Crippen molar-refractivity contribution in [3.63, 3.8) is 0 Å². The van der Waals surface area contributed by atoms with Crippen molar-refractivity contribution in [2.24, 2.45) is 0 Å². The highest BCUT2D eigenvalue weighted by Crippen LogP contribution is 2.20. The minimum atomic E-state index is -1.17. The summed E-state index contributed by atoms with van der Waals surface area (Å²) in [6, 6.07) is 9.12. The van der Waals surface area contributed by atoms with Crippen LogP contribution in [0.2, 0.25) is 0 Å². The Morgan fingerprint density at radius 3 is 2.68 bits per heavy atom. The molecular formula is C13H14N2O4.